The summed E-state index contributed by atoms with van der Waals surface area (Å²) in [5.41, 5.74) is 2.48. The van der Waals surface area contributed by atoms with Gasteiger partial charge in [-0.3, -0.25) is 4.68 Å². The predicted molar refractivity (Wildman–Crippen MR) is 122 cm³/mol. The van der Waals surface area contributed by atoms with Crippen LogP contribution in [0.3, 0.4) is 0 Å². The smallest absolute Gasteiger partial charge is 0.194 e. The van der Waals surface area contributed by atoms with Crippen LogP contribution in [0.15, 0.2) is 35.7 Å². The van der Waals surface area contributed by atoms with Gasteiger partial charge in [-0.1, -0.05) is 13.0 Å². The van der Waals surface area contributed by atoms with Crippen LogP contribution in [0.25, 0.3) is 0 Å². The molecule has 0 saturated carbocycles. The molecular weight excluding hydrogens is 374 g/mol. The maximum absolute atomic E-state index is 4.91. The van der Waals surface area contributed by atoms with Crippen molar-refractivity contribution in [2.75, 3.05) is 37.6 Å². The summed E-state index contributed by atoms with van der Waals surface area (Å²) >= 11 is 0. The van der Waals surface area contributed by atoms with E-state index in [0.29, 0.717) is 12.5 Å². The molecule has 0 radical (unpaired) electrons. The van der Waals surface area contributed by atoms with Gasteiger partial charge in [0.05, 0.1) is 12.7 Å². The molecule has 1 N–H and O–H groups in total. The summed E-state index contributed by atoms with van der Waals surface area (Å²) < 4.78 is 1.89. The Kier molecular flexibility index (Phi) is 6.55. The zero-order chi connectivity index (χ0) is 20.9. The van der Waals surface area contributed by atoms with Gasteiger partial charge in [-0.2, -0.15) is 5.10 Å². The van der Waals surface area contributed by atoms with Gasteiger partial charge in [-0.05, 0) is 49.3 Å². The minimum atomic E-state index is 0.524. The molecule has 7 heteroatoms. The van der Waals surface area contributed by atoms with Crippen molar-refractivity contribution in [2.24, 2.45) is 18.0 Å². The quantitative estimate of drug-likeness (QED) is 0.608. The molecule has 2 aromatic heterocycles. The first kappa shape index (κ1) is 20.7. The molecule has 1 atom stereocenters. The molecule has 0 bridgehead atoms. The number of nitrogens with one attached hydrogen (secondary N) is 1. The number of guanidine groups is 1. The minimum absolute atomic E-state index is 0.524. The number of likely N-dealkylation sites (tertiary alicyclic amines) is 1. The Morgan fingerprint density at radius 2 is 2.00 bits per heavy atom. The van der Waals surface area contributed by atoms with Crippen molar-refractivity contribution >= 4 is 11.8 Å². The van der Waals surface area contributed by atoms with E-state index >= 15 is 0 Å². The maximum atomic E-state index is 4.91. The zero-order valence-corrected chi connectivity index (χ0v) is 18.6. The summed E-state index contributed by atoms with van der Waals surface area (Å²) in [6, 6.07) is 4.33. The normalized spacial score (nSPS) is 20.8. The molecule has 162 valence electrons. The van der Waals surface area contributed by atoms with Gasteiger partial charge in [0.25, 0.3) is 0 Å². The van der Waals surface area contributed by atoms with E-state index in [2.05, 4.69) is 52.4 Å². The number of hydrogen-bond donors (Lipinski definition) is 1. The number of nitrogens with zero attached hydrogens (tertiary/aromatic N) is 6. The SMILES string of the molecule is CCNC(=NCc1ccc(N2CCC(C)CC2)nc1)N1CCC(c2cnn(C)c2)C1. The molecule has 0 spiro atoms. The molecule has 0 amide bonds. The van der Waals surface area contributed by atoms with Crippen molar-refractivity contribution in [3.63, 3.8) is 0 Å². The van der Waals surface area contributed by atoms with Crippen LogP contribution in [0.4, 0.5) is 5.82 Å². The fraction of sp³-hybridized carbons (Fsp3) is 0.609. The highest BCUT2D eigenvalue weighted by atomic mass is 15.3. The summed E-state index contributed by atoms with van der Waals surface area (Å²) in [7, 11) is 1.98. The van der Waals surface area contributed by atoms with Crippen LogP contribution >= 0.6 is 0 Å². The van der Waals surface area contributed by atoms with E-state index in [4.69, 9.17) is 9.98 Å². The lowest BCUT2D eigenvalue weighted by atomic mass is 9.99. The molecule has 7 nitrogen and oxygen atoms in total. The monoisotopic (exact) mass is 409 g/mol. The number of aromatic nitrogens is 3. The molecule has 2 saturated heterocycles. The Hall–Kier alpha value is -2.57. The van der Waals surface area contributed by atoms with E-state index in [1.165, 1.54) is 18.4 Å². The molecule has 0 aromatic carbocycles. The van der Waals surface area contributed by atoms with Gasteiger partial charge in [-0.15, -0.1) is 0 Å². The van der Waals surface area contributed by atoms with Crippen molar-refractivity contribution in [3.05, 3.63) is 41.9 Å². The Balaban J connectivity index is 1.37. The predicted octanol–water partition coefficient (Wildman–Crippen LogP) is 3.01. The number of aryl methyl sites for hydroxylation is 1. The lowest BCUT2D eigenvalue weighted by Gasteiger charge is -2.31. The largest absolute Gasteiger partial charge is 0.357 e. The van der Waals surface area contributed by atoms with Gasteiger partial charge < -0.3 is 15.1 Å². The second-order valence-electron chi connectivity index (χ2n) is 8.74. The maximum Gasteiger partial charge on any atom is 0.194 e. The lowest BCUT2D eigenvalue weighted by Crippen LogP contribution is -2.40. The molecule has 1 unspecified atom stereocenters. The third kappa shape index (κ3) is 4.94. The molecule has 30 heavy (non-hydrogen) atoms. The van der Waals surface area contributed by atoms with Crippen LogP contribution in [0, 0.1) is 5.92 Å². The summed E-state index contributed by atoms with van der Waals surface area (Å²) in [5, 5.41) is 7.80. The van der Waals surface area contributed by atoms with Crippen LogP contribution in [0.1, 0.15) is 50.2 Å². The summed E-state index contributed by atoms with van der Waals surface area (Å²) in [6.07, 6.45) is 9.78. The highest BCUT2D eigenvalue weighted by Crippen LogP contribution is 2.27. The molecule has 2 fully saturated rings. The van der Waals surface area contributed by atoms with E-state index < -0.39 is 0 Å². The van der Waals surface area contributed by atoms with E-state index in [9.17, 15) is 0 Å². The fourth-order valence-electron chi connectivity index (χ4n) is 4.40. The van der Waals surface area contributed by atoms with Crippen molar-refractivity contribution < 1.29 is 0 Å². The average Bonchev–Trinajstić information content (AvgIpc) is 3.41. The van der Waals surface area contributed by atoms with E-state index in [0.717, 1.165) is 62.4 Å². The molecule has 2 aromatic rings. The first-order chi connectivity index (χ1) is 14.6. The van der Waals surface area contributed by atoms with Gasteiger partial charge in [-0.25, -0.2) is 9.98 Å². The Morgan fingerprint density at radius 3 is 2.67 bits per heavy atom. The number of pyridine rings is 1. The number of anilines is 1. The highest BCUT2D eigenvalue weighted by Gasteiger charge is 2.27. The highest BCUT2D eigenvalue weighted by molar-refractivity contribution is 5.80. The first-order valence-electron chi connectivity index (χ1n) is 11.3. The number of rotatable bonds is 5. The number of piperidine rings is 1. The van der Waals surface area contributed by atoms with Crippen LogP contribution in [-0.2, 0) is 13.6 Å². The van der Waals surface area contributed by atoms with Crippen LogP contribution in [-0.4, -0.2) is 58.3 Å². The van der Waals surface area contributed by atoms with Crippen molar-refractivity contribution in [1.82, 2.24) is 25.0 Å². The second kappa shape index (κ2) is 9.49. The van der Waals surface area contributed by atoms with Crippen molar-refractivity contribution in [3.8, 4) is 0 Å². The first-order valence-corrected chi connectivity index (χ1v) is 11.3. The third-order valence-electron chi connectivity index (χ3n) is 6.35. The van der Waals surface area contributed by atoms with Gasteiger partial charge in [0.2, 0.25) is 0 Å². The van der Waals surface area contributed by atoms with E-state index in [-0.39, 0.29) is 0 Å². The van der Waals surface area contributed by atoms with E-state index in [1.54, 1.807) is 0 Å². The van der Waals surface area contributed by atoms with Crippen LogP contribution in [0.5, 0.6) is 0 Å². The number of hydrogen-bond acceptors (Lipinski definition) is 4. The van der Waals surface area contributed by atoms with Crippen LogP contribution < -0.4 is 10.2 Å². The molecule has 2 aliphatic heterocycles. The zero-order valence-electron chi connectivity index (χ0n) is 18.6. The molecule has 4 rings (SSSR count). The Labute approximate surface area is 180 Å². The van der Waals surface area contributed by atoms with Crippen LogP contribution in [0.2, 0.25) is 0 Å². The molecule has 4 heterocycles. The summed E-state index contributed by atoms with van der Waals surface area (Å²) in [6.45, 7) is 10.2. The lowest BCUT2D eigenvalue weighted by molar-refractivity contribution is 0.436. The Morgan fingerprint density at radius 1 is 1.17 bits per heavy atom. The average molecular weight is 410 g/mol. The topological polar surface area (TPSA) is 61.6 Å². The standard InChI is InChI=1S/C23H35N7/c1-4-24-23(30-12-9-20(17-30)21-15-27-28(3)16-21)26-14-19-5-6-22(25-13-19)29-10-7-18(2)8-11-29/h5-6,13,15-16,18,20H,4,7-12,14,17H2,1-3H3,(H,24,26). The van der Waals surface area contributed by atoms with Gasteiger partial charge in [0, 0.05) is 58.1 Å². The summed E-state index contributed by atoms with van der Waals surface area (Å²) in [4.78, 5) is 14.4. The van der Waals surface area contributed by atoms with Gasteiger partial charge >= 0.3 is 0 Å². The van der Waals surface area contributed by atoms with Gasteiger partial charge in [0.15, 0.2) is 5.96 Å². The Bertz CT molecular complexity index is 833. The third-order valence-corrected chi connectivity index (χ3v) is 6.35. The fourth-order valence-corrected chi connectivity index (χ4v) is 4.40. The number of aliphatic imine (C=N–C) groups is 1. The minimum Gasteiger partial charge on any atom is -0.357 e. The molecular formula is C23H35N7. The van der Waals surface area contributed by atoms with Crippen molar-refractivity contribution in [1.29, 1.82) is 0 Å². The van der Waals surface area contributed by atoms with Crippen molar-refractivity contribution in [2.45, 2.75) is 45.6 Å². The molecule has 0 aliphatic carbocycles. The summed E-state index contributed by atoms with van der Waals surface area (Å²) in [5.74, 6) is 3.46. The molecule has 2 aliphatic rings. The van der Waals surface area contributed by atoms with E-state index in [1.807, 2.05) is 24.1 Å². The second-order valence-corrected chi connectivity index (χ2v) is 8.74. The van der Waals surface area contributed by atoms with Gasteiger partial charge in [0.1, 0.15) is 5.82 Å².